The lowest BCUT2D eigenvalue weighted by Crippen LogP contribution is -2.12. The topological polar surface area (TPSA) is 91.7 Å². The smallest absolute Gasteiger partial charge is 0.339 e. The molecule has 20 heavy (non-hydrogen) atoms. The number of carboxylic acid groups (broad SMARTS) is 1. The summed E-state index contributed by atoms with van der Waals surface area (Å²) in [7, 11) is 0. The maximum atomic E-state index is 10.9. The van der Waals surface area contributed by atoms with Gasteiger partial charge in [0.1, 0.15) is 17.9 Å². The van der Waals surface area contributed by atoms with Gasteiger partial charge in [-0.1, -0.05) is 6.07 Å². The molecule has 0 unspecified atom stereocenters. The fourth-order valence-corrected chi connectivity index (χ4v) is 1.60. The number of carboxylic acids is 1. The first-order valence-corrected chi connectivity index (χ1v) is 6.01. The number of hydrogen-bond donors (Lipinski definition) is 3. The molecule has 104 valence electrons. The van der Waals surface area contributed by atoms with Crippen LogP contribution in [0.15, 0.2) is 42.6 Å². The fourth-order valence-electron chi connectivity index (χ4n) is 1.60. The Hall–Kier alpha value is -2.76. The van der Waals surface area contributed by atoms with Crippen LogP contribution in [0.25, 0.3) is 0 Å². The van der Waals surface area contributed by atoms with E-state index in [1.54, 1.807) is 24.4 Å². The van der Waals surface area contributed by atoms with Crippen LogP contribution in [0.5, 0.6) is 11.6 Å². The number of rotatable bonds is 6. The Bertz CT molecular complexity index is 587. The highest BCUT2D eigenvalue weighted by molar-refractivity contribution is 5.91. The van der Waals surface area contributed by atoms with Gasteiger partial charge in [-0.15, -0.1) is 0 Å². The molecule has 1 heterocycles. The average molecular weight is 274 g/mol. The molecule has 6 heteroatoms. The molecule has 0 saturated heterocycles. The van der Waals surface area contributed by atoms with Crippen LogP contribution in [0, 0.1) is 0 Å². The van der Waals surface area contributed by atoms with Crippen LogP contribution >= 0.6 is 0 Å². The molecule has 2 aromatic rings. The minimum atomic E-state index is -1.17. The quantitative estimate of drug-likeness (QED) is 0.551. The summed E-state index contributed by atoms with van der Waals surface area (Å²) in [4.78, 5) is 14.9. The normalized spacial score (nSPS) is 10.0. The molecule has 0 saturated carbocycles. The van der Waals surface area contributed by atoms with E-state index in [0.717, 1.165) is 0 Å². The van der Waals surface area contributed by atoms with Crippen LogP contribution < -0.4 is 10.1 Å². The molecule has 0 spiro atoms. The Morgan fingerprint density at radius 3 is 2.85 bits per heavy atom. The Balaban J connectivity index is 1.85. The van der Waals surface area contributed by atoms with Gasteiger partial charge in [-0.25, -0.2) is 9.78 Å². The fraction of sp³-hybridized carbons (Fsp3) is 0.143. The predicted molar refractivity (Wildman–Crippen MR) is 73.3 cm³/mol. The number of aromatic carboxylic acids is 1. The lowest BCUT2D eigenvalue weighted by molar-refractivity contribution is 0.0694. The van der Waals surface area contributed by atoms with Gasteiger partial charge < -0.3 is 20.3 Å². The van der Waals surface area contributed by atoms with E-state index in [1.165, 1.54) is 12.1 Å². The van der Waals surface area contributed by atoms with E-state index in [1.807, 2.05) is 6.07 Å². The summed E-state index contributed by atoms with van der Waals surface area (Å²) < 4.78 is 5.39. The molecule has 1 aromatic carbocycles. The highest BCUT2D eigenvalue weighted by atomic mass is 16.5. The molecule has 0 bridgehead atoms. The van der Waals surface area contributed by atoms with Crippen molar-refractivity contribution >= 4 is 11.7 Å². The van der Waals surface area contributed by atoms with E-state index in [4.69, 9.17) is 9.84 Å². The largest absolute Gasteiger partial charge is 0.507 e. The van der Waals surface area contributed by atoms with Crippen molar-refractivity contribution in [1.82, 2.24) is 4.98 Å². The van der Waals surface area contributed by atoms with Crippen LogP contribution in [0.2, 0.25) is 0 Å². The zero-order valence-corrected chi connectivity index (χ0v) is 10.6. The van der Waals surface area contributed by atoms with E-state index in [2.05, 4.69) is 10.3 Å². The van der Waals surface area contributed by atoms with Crippen molar-refractivity contribution in [2.75, 3.05) is 18.5 Å². The number of aromatic nitrogens is 1. The van der Waals surface area contributed by atoms with Crippen LogP contribution in [0.3, 0.4) is 0 Å². The first kappa shape index (κ1) is 13.7. The Kier molecular flexibility index (Phi) is 4.39. The average Bonchev–Trinajstić information content (AvgIpc) is 2.46. The monoisotopic (exact) mass is 274 g/mol. The first-order chi connectivity index (χ1) is 9.66. The van der Waals surface area contributed by atoms with Gasteiger partial charge in [-0.3, -0.25) is 0 Å². The van der Waals surface area contributed by atoms with Gasteiger partial charge in [-0.2, -0.15) is 0 Å². The number of ether oxygens (including phenoxy) is 1. The summed E-state index contributed by atoms with van der Waals surface area (Å²) in [5, 5.41) is 21.3. The number of pyridine rings is 1. The molecule has 0 atom stereocenters. The number of hydrogen-bond acceptors (Lipinski definition) is 5. The molecule has 1 aromatic heterocycles. The highest BCUT2D eigenvalue weighted by Gasteiger charge is 2.09. The van der Waals surface area contributed by atoms with Gasteiger partial charge in [0.15, 0.2) is 0 Å². The van der Waals surface area contributed by atoms with Crippen LogP contribution in [-0.2, 0) is 0 Å². The van der Waals surface area contributed by atoms with Crippen LogP contribution in [-0.4, -0.2) is 34.3 Å². The molecule has 6 nitrogen and oxygen atoms in total. The van der Waals surface area contributed by atoms with E-state index in [-0.39, 0.29) is 11.3 Å². The predicted octanol–water partition coefficient (Wildman–Crippen LogP) is 1.98. The summed E-state index contributed by atoms with van der Waals surface area (Å²) in [5.41, 5.74) is 0.463. The van der Waals surface area contributed by atoms with E-state index in [0.29, 0.717) is 24.7 Å². The number of nitrogens with one attached hydrogen (secondary N) is 1. The van der Waals surface area contributed by atoms with Crippen molar-refractivity contribution in [3.05, 3.63) is 48.2 Å². The second-order valence-corrected chi connectivity index (χ2v) is 3.98. The standard InChI is InChI=1S/C14H14N2O4/c17-12-5-4-10(9-11(12)14(18)19)15-7-8-20-13-3-1-2-6-16-13/h1-6,9,15,17H,7-8H2,(H,18,19). The summed E-state index contributed by atoms with van der Waals surface area (Å²) >= 11 is 0. The minimum Gasteiger partial charge on any atom is -0.507 e. The summed E-state index contributed by atoms with van der Waals surface area (Å²) in [5.74, 6) is -0.894. The zero-order chi connectivity index (χ0) is 14.4. The van der Waals surface area contributed by atoms with Gasteiger partial charge >= 0.3 is 5.97 Å². The molecule has 0 aliphatic carbocycles. The van der Waals surface area contributed by atoms with Crippen molar-refractivity contribution < 1.29 is 19.7 Å². The maximum Gasteiger partial charge on any atom is 0.339 e. The number of anilines is 1. The van der Waals surface area contributed by atoms with Crippen molar-refractivity contribution in [3.63, 3.8) is 0 Å². The minimum absolute atomic E-state index is 0.138. The number of benzene rings is 1. The summed E-state index contributed by atoms with van der Waals surface area (Å²) in [6, 6.07) is 9.69. The highest BCUT2D eigenvalue weighted by Crippen LogP contribution is 2.21. The van der Waals surface area contributed by atoms with Crippen molar-refractivity contribution in [2.45, 2.75) is 0 Å². The lowest BCUT2D eigenvalue weighted by Gasteiger charge is -2.09. The second-order valence-electron chi connectivity index (χ2n) is 3.98. The SMILES string of the molecule is O=C(O)c1cc(NCCOc2ccccn2)ccc1O. The lowest BCUT2D eigenvalue weighted by atomic mass is 10.2. The van der Waals surface area contributed by atoms with E-state index >= 15 is 0 Å². The number of aromatic hydroxyl groups is 1. The maximum absolute atomic E-state index is 10.9. The molecule has 0 radical (unpaired) electrons. The van der Waals surface area contributed by atoms with Gasteiger partial charge in [-0.05, 0) is 24.3 Å². The molecule has 2 rings (SSSR count). The van der Waals surface area contributed by atoms with Gasteiger partial charge in [0.2, 0.25) is 5.88 Å². The third-order valence-electron chi connectivity index (χ3n) is 2.55. The molecular weight excluding hydrogens is 260 g/mol. The Labute approximate surface area is 115 Å². The Morgan fingerprint density at radius 2 is 2.15 bits per heavy atom. The molecule has 3 N–H and O–H groups in total. The van der Waals surface area contributed by atoms with Crippen molar-refractivity contribution in [3.8, 4) is 11.6 Å². The molecule has 0 aliphatic rings. The van der Waals surface area contributed by atoms with E-state index < -0.39 is 5.97 Å². The Morgan fingerprint density at radius 1 is 1.30 bits per heavy atom. The van der Waals surface area contributed by atoms with Gasteiger partial charge in [0, 0.05) is 24.5 Å². The van der Waals surface area contributed by atoms with Crippen LogP contribution in [0.1, 0.15) is 10.4 Å². The molecule has 0 amide bonds. The molecular formula is C14H14N2O4. The second kappa shape index (κ2) is 6.42. The third-order valence-corrected chi connectivity index (χ3v) is 2.55. The molecule has 0 aliphatic heterocycles. The zero-order valence-electron chi connectivity index (χ0n) is 10.6. The number of phenols is 1. The number of nitrogens with zero attached hydrogens (tertiary/aromatic N) is 1. The van der Waals surface area contributed by atoms with Gasteiger partial charge in [0.05, 0.1) is 0 Å². The van der Waals surface area contributed by atoms with E-state index in [9.17, 15) is 9.90 Å². The summed E-state index contributed by atoms with van der Waals surface area (Å²) in [6.07, 6.45) is 1.64. The number of carbonyl (C=O) groups is 1. The van der Waals surface area contributed by atoms with Crippen molar-refractivity contribution in [1.29, 1.82) is 0 Å². The first-order valence-electron chi connectivity index (χ1n) is 6.01. The van der Waals surface area contributed by atoms with Crippen LogP contribution in [0.4, 0.5) is 5.69 Å². The molecule has 0 fully saturated rings. The third kappa shape index (κ3) is 3.61. The van der Waals surface area contributed by atoms with Crippen molar-refractivity contribution in [2.24, 2.45) is 0 Å². The summed E-state index contributed by atoms with van der Waals surface area (Å²) in [6.45, 7) is 0.876. The van der Waals surface area contributed by atoms with Gasteiger partial charge in [0.25, 0.3) is 0 Å².